The molecular weight excluding hydrogens is 288 g/mol. The number of carbonyl (C=O) groups is 1. The zero-order valence-corrected chi connectivity index (χ0v) is 13.4. The highest BCUT2D eigenvalue weighted by Gasteiger charge is 2.17. The summed E-state index contributed by atoms with van der Waals surface area (Å²) in [6.45, 7) is 5.82. The monoisotopic (exact) mass is 308 g/mol. The van der Waals surface area contributed by atoms with Crippen molar-refractivity contribution >= 4 is 17.2 Å². The fraction of sp³-hybridized carbons (Fsp3) is 0.500. The number of hydrogen-bond acceptors (Lipinski definition) is 5. The van der Waals surface area contributed by atoms with Crippen LogP contribution in [-0.4, -0.2) is 45.6 Å². The summed E-state index contributed by atoms with van der Waals surface area (Å²) in [5.74, 6) is 0.893. The standard InChI is InChI=1S/C14H20N4O2S/c1-11-13(21-10-16-11)8-18(6-7-20-3)14(19)9-17-5-4-15-12(17)2/h4-5,10H,6-9H2,1-3H3. The molecular formula is C14H20N4O2S. The molecule has 21 heavy (non-hydrogen) atoms. The van der Waals surface area contributed by atoms with Crippen molar-refractivity contribution < 1.29 is 9.53 Å². The van der Waals surface area contributed by atoms with E-state index in [1.165, 1.54) is 0 Å². The molecule has 0 saturated carbocycles. The summed E-state index contributed by atoms with van der Waals surface area (Å²) in [6, 6.07) is 0. The summed E-state index contributed by atoms with van der Waals surface area (Å²) in [7, 11) is 1.64. The maximum atomic E-state index is 12.5. The number of ether oxygens (including phenoxy) is 1. The maximum absolute atomic E-state index is 12.5. The molecule has 114 valence electrons. The number of aryl methyl sites for hydroxylation is 2. The fourth-order valence-electron chi connectivity index (χ4n) is 1.96. The van der Waals surface area contributed by atoms with Gasteiger partial charge >= 0.3 is 0 Å². The lowest BCUT2D eigenvalue weighted by molar-refractivity contribution is -0.133. The van der Waals surface area contributed by atoms with E-state index in [1.807, 2.05) is 35.0 Å². The number of nitrogens with zero attached hydrogens (tertiary/aromatic N) is 4. The van der Waals surface area contributed by atoms with Crippen molar-refractivity contribution in [2.24, 2.45) is 0 Å². The van der Waals surface area contributed by atoms with E-state index in [1.54, 1.807) is 24.6 Å². The highest BCUT2D eigenvalue weighted by molar-refractivity contribution is 7.09. The number of thiazole rings is 1. The summed E-state index contributed by atoms with van der Waals surface area (Å²) in [6.07, 6.45) is 3.52. The van der Waals surface area contributed by atoms with Crippen LogP contribution in [0.25, 0.3) is 0 Å². The van der Waals surface area contributed by atoms with Crippen molar-refractivity contribution in [2.45, 2.75) is 26.9 Å². The molecule has 1 amide bonds. The first-order valence-electron chi connectivity index (χ1n) is 6.75. The van der Waals surface area contributed by atoms with E-state index in [0.29, 0.717) is 26.2 Å². The van der Waals surface area contributed by atoms with Gasteiger partial charge in [-0.05, 0) is 13.8 Å². The van der Waals surface area contributed by atoms with Crippen LogP contribution < -0.4 is 0 Å². The minimum Gasteiger partial charge on any atom is -0.383 e. The van der Waals surface area contributed by atoms with Gasteiger partial charge in [-0.1, -0.05) is 0 Å². The number of hydrogen-bond donors (Lipinski definition) is 0. The summed E-state index contributed by atoms with van der Waals surface area (Å²) in [4.78, 5) is 23.8. The van der Waals surface area contributed by atoms with E-state index in [2.05, 4.69) is 9.97 Å². The largest absolute Gasteiger partial charge is 0.383 e. The molecule has 0 aliphatic carbocycles. The van der Waals surface area contributed by atoms with Crippen LogP contribution >= 0.6 is 11.3 Å². The zero-order chi connectivity index (χ0) is 15.2. The second-order valence-corrected chi connectivity index (χ2v) is 5.71. The van der Waals surface area contributed by atoms with Crippen LogP contribution in [0.2, 0.25) is 0 Å². The van der Waals surface area contributed by atoms with E-state index in [-0.39, 0.29) is 5.91 Å². The van der Waals surface area contributed by atoms with Crippen LogP contribution in [0.5, 0.6) is 0 Å². The van der Waals surface area contributed by atoms with Crippen molar-refractivity contribution in [1.82, 2.24) is 19.4 Å². The number of methoxy groups -OCH3 is 1. The second kappa shape index (κ2) is 7.33. The molecule has 0 fully saturated rings. The van der Waals surface area contributed by atoms with Crippen LogP contribution in [0.4, 0.5) is 0 Å². The zero-order valence-electron chi connectivity index (χ0n) is 12.6. The molecule has 0 saturated heterocycles. The van der Waals surface area contributed by atoms with Crippen LogP contribution in [0.3, 0.4) is 0 Å². The molecule has 2 heterocycles. The van der Waals surface area contributed by atoms with Crippen molar-refractivity contribution in [2.75, 3.05) is 20.3 Å². The lowest BCUT2D eigenvalue weighted by atomic mass is 10.3. The number of aromatic nitrogens is 3. The molecule has 0 spiro atoms. The quantitative estimate of drug-likeness (QED) is 0.780. The topological polar surface area (TPSA) is 60.2 Å². The van der Waals surface area contributed by atoms with Gasteiger partial charge in [-0.2, -0.15) is 0 Å². The molecule has 2 aromatic rings. The van der Waals surface area contributed by atoms with Gasteiger partial charge in [-0.25, -0.2) is 9.97 Å². The Labute approximate surface area is 128 Å². The Balaban J connectivity index is 2.06. The van der Waals surface area contributed by atoms with Gasteiger partial charge in [0.1, 0.15) is 12.4 Å². The van der Waals surface area contributed by atoms with Crippen LogP contribution in [0.1, 0.15) is 16.4 Å². The molecule has 0 unspecified atom stereocenters. The van der Waals surface area contributed by atoms with Gasteiger partial charge in [-0.15, -0.1) is 11.3 Å². The highest BCUT2D eigenvalue weighted by atomic mass is 32.1. The maximum Gasteiger partial charge on any atom is 0.242 e. The Bertz CT molecular complexity index is 593. The van der Waals surface area contributed by atoms with Crippen molar-refractivity contribution in [3.05, 3.63) is 34.3 Å². The Kier molecular flexibility index (Phi) is 5.46. The van der Waals surface area contributed by atoms with Gasteiger partial charge in [0.15, 0.2) is 0 Å². The smallest absolute Gasteiger partial charge is 0.242 e. The van der Waals surface area contributed by atoms with E-state index < -0.39 is 0 Å². The van der Waals surface area contributed by atoms with Crippen LogP contribution in [0.15, 0.2) is 17.9 Å². The van der Waals surface area contributed by atoms with Crippen molar-refractivity contribution in [3.8, 4) is 0 Å². The predicted molar refractivity (Wildman–Crippen MR) is 81.1 cm³/mol. The number of amides is 1. The molecule has 2 rings (SSSR count). The third-order valence-electron chi connectivity index (χ3n) is 3.33. The molecule has 0 atom stereocenters. The average Bonchev–Trinajstić information content (AvgIpc) is 3.04. The van der Waals surface area contributed by atoms with Gasteiger partial charge in [0, 0.05) is 30.9 Å². The van der Waals surface area contributed by atoms with Crippen LogP contribution in [0, 0.1) is 13.8 Å². The molecule has 7 heteroatoms. The number of rotatable bonds is 7. The Hall–Kier alpha value is -1.73. The molecule has 0 aliphatic heterocycles. The molecule has 0 N–H and O–H groups in total. The molecule has 0 aliphatic rings. The van der Waals surface area contributed by atoms with E-state index in [9.17, 15) is 4.79 Å². The molecule has 0 bridgehead atoms. The second-order valence-electron chi connectivity index (χ2n) is 4.77. The Morgan fingerprint density at radius 3 is 2.81 bits per heavy atom. The number of carbonyl (C=O) groups excluding carboxylic acids is 1. The summed E-state index contributed by atoms with van der Waals surface area (Å²) in [5.41, 5.74) is 2.79. The number of imidazole rings is 1. The molecule has 0 radical (unpaired) electrons. The van der Waals surface area contributed by atoms with Crippen molar-refractivity contribution in [3.63, 3.8) is 0 Å². The summed E-state index contributed by atoms with van der Waals surface area (Å²) in [5, 5.41) is 0. The first kappa shape index (κ1) is 15.7. The minimum atomic E-state index is 0.0564. The lowest BCUT2D eigenvalue weighted by Gasteiger charge is -2.22. The van der Waals surface area contributed by atoms with Gasteiger partial charge in [0.2, 0.25) is 5.91 Å². The first-order valence-corrected chi connectivity index (χ1v) is 7.63. The predicted octanol–water partition coefficient (Wildman–Crippen LogP) is 1.63. The fourth-order valence-corrected chi connectivity index (χ4v) is 2.75. The van der Waals surface area contributed by atoms with Gasteiger partial charge in [0.05, 0.1) is 24.4 Å². The third kappa shape index (κ3) is 4.12. The normalized spacial score (nSPS) is 10.8. The highest BCUT2D eigenvalue weighted by Crippen LogP contribution is 2.15. The van der Waals surface area contributed by atoms with E-state index in [4.69, 9.17) is 4.74 Å². The summed E-state index contributed by atoms with van der Waals surface area (Å²) >= 11 is 1.57. The SMILES string of the molecule is COCCN(Cc1scnc1C)C(=O)Cn1ccnc1C. The minimum absolute atomic E-state index is 0.0564. The molecule has 0 aromatic carbocycles. The molecule has 2 aromatic heterocycles. The first-order chi connectivity index (χ1) is 10.1. The Morgan fingerprint density at radius 1 is 1.43 bits per heavy atom. The van der Waals surface area contributed by atoms with E-state index in [0.717, 1.165) is 16.4 Å². The van der Waals surface area contributed by atoms with E-state index >= 15 is 0 Å². The van der Waals surface area contributed by atoms with Gasteiger partial charge in [-0.3, -0.25) is 4.79 Å². The Morgan fingerprint density at radius 2 is 2.24 bits per heavy atom. The average molecular weight is 308 g/mol. The van der Waals surface area contributed by atoms with Crippen LogP contribution in [-0.2, 0) is 22.6 Å². The molecule has 6 nitrogen and oxygen atoms in total. The third-order valence-corrected chi connectivity index (χ3v) is 4.25. The lowest BCUT2D eigenvalue weighted by Crippen LogP contribution is -2.36. The van der Waals surface area contributed by atoms with Gasteiger partial charge in [0.25, 0.3) is 0 Å². The van der Waals surface area contributed by atoms with Gasteiger partial charge < -0.3 is 14.2 Å². The summed E-state index contributed by atoms with van der Waals surface area (Å²) < 4.78 is 6.95. The van der Waals surface area contributed by atoms with Crippen molar-refractivity contribution in [1.29, 1.82) is 0 Å².